The van der Waals surface area contributed by atoms with Crippen LogP contribution in [0.15, 0.2) is 11.1 Å². The minimum absolute atomic E-state index is 0.992. The second kappa shape index (κ2) is 2.29. The van der Waals surface area contributed by atoms with Gasteiger partial charge < -0.3 is 0 Å². The summed E-state index contributed by atoms with van der Waals surface area (Å²) < 4.78 is 0. The van der Waals surface area contributed by atoms with E-state index in [0.29, 0.717) is 0 Å². The SMILES string of the molecule is CC1=C(C)CNNC1. The Balaban J connectivity index is 2.60. The van der Waals surface area contributed by atoms with Gasteiger partial charge in [0.15, 0.2) is 0 Å². The lowest BCUT2D eigenvalue weighted by atomic mass is 10.1. The van der Waals surface area contributed by atoms with E-state index in [1.165, 1.54) is 11.1 Å². The molecule has 0 atom stereocenters. The van der Waals surface area contributed by atoms with Crippen LogP contribution < -0.4 is 10.9 Å². The van der Waals surface area contributed by atoms with Crippen molar-refractivity contribution in [3.63, 3.8) is 0 Å². The van der Waals surface area contributed by atoms with Crippen molar-refractivity contribution in [1.29, 1.82) is 0 Å². The highest BCUT2D eigenvalue weighted by Gasteiger charge is 2.00. The van der Waals surface area contributed by atoms with Crippen molar-refractivity contribution in [2.24, 2.45) is 0 Å². The van der Waals surface area contributed by atoms with E-state index in [-0.39, 0.29) is 0 Å². The van der Waals surface area contributed by atoms with E-state index in [1.54, 1.807) is 0 Å². The van der Waals surface area contributed by atoms with Gasteiger partial charge in [-0.1, -0.05) is 11.1 Å². The number of hydrogen-bond donors (Lipinski definition) is 2. The van der Waals surface area contributed by atoms with E-state index < -0.39 is 0 Å². The third-order valence-corrected chi connectivity index (χ3v) is 1.56. The Labute approximate surface area is 49.9 Å². The summed E-state index contributed by atoms with van der Waals surface area (Å²) in [6.07, 6.45) is 0. The number of hydrazine groups is 1. The fourth-order valence-electron chi connectivity index (χ4n) is 0.692. The van der Waals surface area contributed by atoms with E-state index >= 15 is 0 Å². The summed E-state index contributed by atoms with van der Waals surface area (Å²) in [6, 6.07) is 0. The molecule has 0 unspecified atom stereocenters. The Kier molecular flexibility index (Phi) is 1.65. The molecule has 8 heavy (non-hydrogen) atoms. The molecule has 2 heteroatoms. The van der Waals surface area contributed by atoms with Crippen LogP contribution in [0.5, 0.6) is 0 Å². The third-order valence-electron chi connectivity index (χ3n) is 1.56. The summed E-state index contributed by atoms with van der Waals surface area (Å²) in [5.41, 5.74) is 9.04. The zero-order valence-electron chi connectivity index (χ0n) is 5.41. The van der Waals surface area contributed by atoms with Gasteiger partial charge in [0.1, 0.15) is 0 Å². The monoisotopic (exact) mass is 112 g/mol. The lowest BCUT2D eigenvalue weighted by Gasteiger charge is -2.16. The maximum absolute atomic E-state index is 3.06. The molecule has 0 radical (unpaired) electrons. The lowest BCUT2D eigenvalue weighted by molar-refractivity contribution is 0.557. The van der Waals surface area contributed by atoms with E-state index in [4.69, 9.17) is 0 Å². The van der Waals surface area contributed by atoms with Crippen LogP contribution in [-0.4, -0.2) is 13.1 Å². The molecule has 0 aliphatic carbocycles. The van der Waals surface area contributed by atoms with Crippen molar-refractivity contribution in [1.82, 2.24) is 10.9 Å². The van der Waals surface area contributed by atoms with Crippen LogP contribution in [0.1, 0.15) is 13.8 Å². The van der Waals surface area contributed by atoms with Crippen LogP contribution in [0.3, 0.4) is 0 Å². The van der Waals surface area contributed by atoms with Crippen LogP contribution in [-0.2, 0) is 0 Å². The number of hydrogen-bond acceptors (Lipinski definition) is 2. The standard InChI is InChI=1S/C6H12N2/c1-5-3-7-8-4-6(5)2/h7-8H,3-4H2,1-2H3. The summed E-state index contributed by atoms with van der Waals surface area (Å²) in [7, 11) is 0. The normalized spacial score (nSPS) is 21.8. The van der Waals surface area contributed by atoms with Gasteiger partial charge in [-0.2, -0.15) is 0 Å². The predicted molar refractivity (Wildman–Crippen MR) is 34.4 cm³/mol. The first-order chi connectivity index (χ1) is 3.80. The quantitative estimate of drug-likeness (QED) is 0.444. The molecule has 0 spiro atoms. The van der Waals surface area contributed by atoms with Crippen LogP contribution in [0.4, 0.5) is 0 Å². The van der Waals surface area contributed by atoms with E-state index in [2.05, 4.69) is 24.7 Å². The summed E-state index contributed by atoms with van der Waals surface area (Å²) in [4.78, 5) is 0. The highest BCUT2D eigenvalue weighted by Crippen LogP contribution is 2.01. The predicted octanol–water partition coefficient (Wildman–Crippen LogP) is 0.431. The summed E-state index contributed by atoms with van der Waals surface area (Å²) in [6.45, 7) is 6.30. The maximum Gasteiger partial charge on any atom is 0.0310 e. The van der Waals surface area contributed by atoms with Gasteiger partial charge in [-0.25, -0.2) is 0 Å². The van der Waals surface area contributed by atoms with Crippen LogP contribution >= 0.6 is 0 Å². The van der Waals surface area contributed by atoms with Gasteiger partial charge in [0, 0.05) is 13.1 Å². The fourth-order valence-corrected chi connectivity index (χ4v) is 0.692. The molecule has 2 nitrogen and oxygen atoms in total. The van der Waals surface area contributed by atoms with Crippen molar-refractivity contribution < 1.29 is 0 Å². The molecule has 0 aromatic rings. The number of nitrogens with one attached hydrogen (secondary N) is 2. The molecule has 0 saturated heterocycles. The molecule has 0 aromatic carbocycles. The first kappa shape index (κ1) is 5.79. The largest absolute Gasteiger partial charge is 0.253 e. The molecule has 1 rings (SSSR count). The second-order valence-corrected chi connectivity index (χ2v) is 2.27. The van der Waals surface area contributed by atoms with Gasteiger partial charge >= 0.3 is 0 Å². The van der Waals surface area contributed by atoms with Crippen LogP contribution in [0.2, 0.25) is 0 Å². The summed E-state index contributed by atoms with van der Waals surface area (Å²) >= 11 is 0. The van der Waals surface area contributed by atoms with Gasteiger partial charge in [0.25, 0.3) is 0 Å². The molecule has 2 N–H and O–H groups in total. The molecule has 0 aromatic heterocycles. The van der Waals surface area contributed by atoms with E-state index in [9.17, 15) is 0 Å². The van der Waals surface area contributed by atoms with Gasteiger partial charge in [-0.3, -0.25) is 10.9 Å². The first-order valence-electron chi connectivity index (χ1n) is 2.91. The average molecular weight is 112 g/mol. The minimum Gasteiger partial charge on any atom is -0.253 e. The third kappa shape index (κ3) is 1.08. The van der Waals surface area contributed by atoms with Crippen LogP contribution in [0, 0.1) is 0 Å². The first-order valence-corrected chi connectivity index (χ1v) is 2.91. The Bertz CT molecular complexity index is 102. The molecule has 1 aliphatic heterocycles. The summed E-state index contributed by atoms with van der Waals surface area (Å²) in [5.74, 6) is 0. The topological polar surface area (TPSA) is 24.1 Å². The van der Waals surface area contributed by atoms with Gasteiger partial charge in [0.2, 0.25) is 0 Å². The maximum atomic E-state index is 3.06. The molecule has 0 amide bonds. The second-order valence-electron chi connectivity index (χ2n) is 2.27. The smallest absolute Gasteiger partial charge is 0.0310 e. The molecular formula is C6H12N2. The van der Waals surface area contributed by atoms with Crippen molar-refractivity contribution in [3.05, 3.63) is 11.1 Å². The minimum atomic E-state index is 0.992. The Morgan fingerprint density at radius 2 is 1.38 bits per heavy atom. The molecule has 1 heterocycles. The Morgan fingerprint density at radius 3 is 1.62 bits per heavy atom. The zero-order valence-corrected chi connectivity index (χ0v) is 5.41. The summed E-state index contributed by atoms with van der Waals surface area (Å²) in [5, 5.41) is 0. The highest BCUT2D eigenvalue weighted by atomic mass is 15.4. The van der Waals surface area contributed by atoms with Crippen LogP contribution in [0.25, 0.3) is 0 Å². The molecule has 1 aliphatic rings. The molecule has 0 bridgehead atoms. The molecule has 0 fully saturated rings. The molecule has 46 valence electrons. The number of rotatable bonds is 0. The van der Waals surface area contributed by atoms with Gasteiger partial charge in [0.05, 0.1) is 0 Å². The Morgan fingerprint density at radius 1 is 1.00 bits per heavy atom. The van der Waals surface area contributed by atoms with E-state index in [0.717, 1.165) is 13.1 Å². The van der Waals surface area contributed by atoms with Gasteiger partial charge in [-0.15, -0.1) is 0 Å². The average Bonchev–Trinajstić information content (AvgIpc) is 1.77. The van der Waals surface area contributed by atoms with Crippen molar-refractivity contribution >= 4 is 0 Å². The lowest BCUT2D eigenvalue weighted by Crippen LogP contribution is -2.38. The van der Waals surface area contributed by atoms with E-state index in [1.807, 2.05) is 0 Å². The van der Waals surface area contributed by atoms with Crippen molar-refractivity contribution in [3.8, 4) is 0 Å². The Hall–Kier alpha value is -0.340. The molecular weight excluding hydrogens is 100 g/mol. The van der Waals surface area contributed by atoms with Crippen molar-refractivity contribution in [2.75, 3.05) is 13.1 Å². The van der Waals surface area contributed by atoms with Gasteiger partial charge in [-0.05, 0) is 13.8 Å². The zero-order chi connectivity index (χ0) is 5.98. The fraction of sp³-hybridized carbons (Fsp3) is 0.667. The van der Waals surface area contributed by atoms with Crippen molar-refractivity contribution in [2.45, 2.75) is 13.8 Å². The highest BCUT2D eigenvalue weighted by molar-refractivity contribution is 5.14. The molecule has 0 saturated carbocycles.